The molecule has 0 saturated heterocycles. The molecule has 1 N–H and O–H groups in total. The number of rotatable bonds is 6. The molecular weight excluding hydrogens is 286 g/mol. The van der Waals surface area contributed by atoms with Gasteiger partial charge in [0.25, 0.3) is 5.91 Å². The Morgan fingerprint density at radius 2 is 1.83 bits per heavy atom. The number of nitriles is 1. The molecule has 2 aromatic carbocycles. The standard InChI is InChI=1S/C19H21N3O/c1-3-22(4-2)14-16-6-5-7-18(12-16)21-19(23)17-10-8-15(13-20)9-11-17/h5-12H,3-4,14H2,1-2H3,(H,21,23). The van der Waals surface area contributed by atoms with Crippen molar-refractivity contribution < 1.29 is 4.79 Å². The van der Waals surface area contributed by atoms with E-state index in [1.165, 1.54) is 5.56 Å². The van der Waals surface area contributed by atoms with Crippen molar-refractivity contribution in [1.29, 1.82) is 5.26 Å². The van der Waals surface area contributed by atoms with Gasteiger partial charge in [-0.25, -0.2) is 0 Å². The van der Waals surface area contributed by atoms with Gasteiger partial charge >= 0.3 is 0 Å². The van der Waals surface area contributed by atoms with Crippen molar-refractivity contribution in [2.75, 3.05) is 18.4 Å². The molecule has 0 unspecified atom stereocenters. The number of amides is 1. The van der Waals surface area contributed by atoms with Gasteiger partial charge < -0.3 is 5.32 Å². The van der Waals surface area contributed by atoms with E-state index in [9.17, 15) is 4.79 Å². The predicted octanol–water partition coefficient (Wildman–Crippen LogP) is 3.65. The molecular formula is C19H21N3O. The highest BCUT2D eigenvalue weighted by Crippen LogP contribution is 2.14. The molecule has 0 bridgehead atoms. The maximum Gasteiger partial charge on any atom is 0.255 e. The van der Waals surface area contributed by atoms with Gasteiger partial charge in [-0.15, -0.1) is 0 Å². The van der Waals surface area contributed by atoms with Crippen molar-refractivity contribution in [3.8, 4) is 6.07 Å². The lowest BCUT2D eigenvalue weighted by atomic mass is 10.1. The zero-order valence-corrected chi connectivity index (χ0v) is 13.5. The molecule has 0 aliphatic rings. The van der Waals surface area contributed by atoms with E-state index in [-0.39, 0.29) is 5.91 Å². The Hall–Kier alpha value is -2.64. The second kappa shape index (κ2) is 8.11. The molecule has 0 spiro atoms. The van der Waals surface area contributed by atoms with E-state index < -0.39 is 0 Å². The van der Waals surface area contributed by atoms with Crippen molar-refractivity contribution in [1.82, 2.24) is 4.90 Å². The summed E-state index contributed by atoms with van der Waals surface area (Å²) >= 11 is 0. The molecule has 0 aromatic heterocycles. The van der Waals surface area contributed by atoms with Crippen LogP contribution in [0.25, 0.3) is 0 Å². The van der Waals surface area contributed by atoms with Gasteiger partial charge in [0.05, 0.1) is 11.6 Å². The fraction of sp³-hybridized carbons (Fsp3) is 0.263. The normalized spacial score (nSPS) is 10.3. The molecule has 23 heavy (non-hydrogen) atoms. The molecule has 2 aromatic rings. The Morgan fingerprint density at radius 1 is 1.13 bits per heavy atom. The first-order valence-electron chi connectivity index (χ1n) is 7.79. The number of anilines is 1. The van der Waals surface area contributed by atoms with E-state index in [0.717, 1.165) is 25.3 Å². The quantitative estimate of drug-likeness (QED) is 0.886. The Labute approximate surface area is 137 Å². The molecule has 0 heterocycles. The first-order chi connectivity index (χ1) is 11.2. The van der Waals surface area contributed by atoms with E-state index in [1.54, 1.807) is 24.3 Å². The smallest absolute Gasteiger partial charge is 0.255 e. The van der Waals surface area contributed by atoms with Crippen molar-refractivity contribution in [3.63, 3.8) is 0 Å². The third kappa shape index (κ3) is 4.67. The molecule has 2 rings (SSSR count). The summed E-state index contributed by atoms with van der Waals surface area (Å²) in [6, 6.07) is 16.6. The number of nitrogens with one attached hydrogen (secondary N) is 1. The van der Waals surface area contributed by atoms with E-state index in [4.69, 9.17) is 5.26 Å². The average Bonchev–Trinajstić information content (AvgIpc) is 2.60. The van der Waals surface area contributed by atoms with Gasteiger partial charge in [0.15, 0.2) is 0 Å². The summed E-state index contributed by atoms with van der Waals surface area (Å²) < 4.78 is 0. The highest BCUT2D eigenvalue weighted by Gasteiger charge is 2.07. The minimum atomic E-state index is -0.172. The molecule has 4 nitrogen and oxygen atoms in total. The average molecular weight is 307 g/mol. The molecule has 0 aliphatic heterocycles. The van der Waals surface area contributed by atoms with Crippen LogP contribution in [0.1, 0.15) is 35.3 Å². The number of carbonyl (C=O) groups excluding carboxylic acids is 1. The molecule has 0 aliphatic carbocycles. The minimum absolute atomic E-state index is 0.172. The molecule has 4 heteroatoms. The van der Waals surface area contributed by atoms with Crippen LogP contribution in [0.2, 0.25) is 0 Å². The summed E-state index contributed by atoms with van der Waals surface area (Å²) in [4.78, 5) is 14.6. The summed E-state index contributed by atoms with van der Waals surface area (Å²) in [7, 11) is 0. The van der Waals surface area contributed by atoms with Crippen LogP contribution >= 0.6 is 0 Å². The largest absolute Gasteiger partial charge is 0.322 e. The lowest BCUT2D eigenvalue weighted by Gasteiger charge is -2.18. The van der Waals surface area contributed by atoms with Crippen LogP contribution in [0.5, 0.6) is 0 Å². The fourth-order valence-electron chi connectivity index (χ4n) is 2.35. The Balaban J connectivity index is 2.07. The topological polar surface area (TPSA) is 56.1 Å². The molecule has 0 radical (unpaired) electrons. The van der Waals surface area contributed by atoms with Crippen molar-refractivity contribution in [2.45, 2.75) is 20.4 Å². The lowest BCUT2D eigenvalue weighted by Crippen LogP contribution is -2.22. The van der Waals surface area contributed by atoms with Crippen LogP contribution in [0.15, 0.2) is 48.5 Å². The van der Waals surface area contributed by atoms with Crippen molar-refractivity contribution >= 4 is 11.6 Å². The third-order valence-electron chi connectivity index (χ3n) is 3.76. The number of hydrogen-bond donors (Lipinski definition) is 1. The highest BCUT2D eigenvalue weighted by atomic mass is 16.1. The summed E-state index contributed by atoms with van der Waals surface area (Å²) in [5.41, 5.74) is 3.04. The monoisotopic (exact) mass is 307 g/mol. The first kappa shape index (κ1) is 16.7. The van der Waals surface area contributed by atoms with Gasteiger partial charge in [-0.2, -0.15) is 5.26 Å². The number of benzene rings is 2. The van der Waals surface area contributed by atoms with Gasteiger partial charge in [-0.1, -0.05) is 26.0 Å². The van der Waals surface area contributed by atoms with Crippen molar-refractivity contribution in [2.24, 2.45) is 0 Å². The van der Waals surface area contributed by atoms with Crippen LogP contribution in [0, 0.1) is 11.3 Å². The molecule has 1 amide bonds. The van der Waals surface area contributed by atoms with Crippen LogP contribution in [0.3, 0.4) is 0 Å². The van der Waals surface area contributed by atoms with E-state index in [2.05, 4.69) is 30.1 Å². The van der Waals surface area contributed by atoms with Crippen LogP contribution < -0.4 is 5.32 Å². The second-order valence-electron chi connectivity index (χ2n) is 5.31. The van der Waals surface area contributed by atoms with E-state index >= 15 is 0 Å². The second-order valence-corrected chi connectivity index (χ2v) is 5.31. The zero-order valence-electron chi connectivity index (χ0n) is 13.5. The first-order valence-corrected chi connectivity index (χ1v) is 7.79. The zero-order chi connectivity index (χ0) is 16.7. The summed E-state index contributed by atoms with van der Waals surface area (Å²) in [5.74, 6) is -0.172. The van der Waals surface area contributed by atoms with Crippen LogP contribution in [-0.2, 0) is 6.54 Å². The molecule has 0 fully saturated rings. The maximum absolute atomic E-state index is 12.3. The number of nitrogens with zero attached hydrogens (tertiary/aromatic N) is 2. The highest BCUT2D eigenvalue weighted by molar-refractivity contribution is 6.04. The Bertz CT molecular complexity index is 697. The summed E-state index contributed by atoms with van der Waals surface area (Å²) in [5, 5.41) is 11.7. The SMILES string of the molecule is CCN(CC)Cc1cccc(NC(=O)c2ccc(C#N)cc2)c1. The van der Waals surface area contributed by atoms with Gasteiger partial charge in [0.1, 0.15) is 0 Å². The molecule has 118 valence electrons. The summed E-state index contributed by atoms with van der Waals surface area (Å²) in [6.07, 6.45) is 0. The lowest BCUT2D eigenvalue weighted by molar-refractivity contribution is 0.102. The summed E-state index contributed by atoms with van der Waals surface area (Å²) in [6.45, 7) is 7.14. The molecule has 0 saturated carbocycles. The van der Waals surface area contributed by atoms with E-state index in [0.29, 0.717) is 11.1 Å². The number of carbonyl (C=O) groups is 1. The van der Waals surface area contributed by atoms with Gasteiger partial charge in [0, 0.05) is 17.8 Å². The van der Waals surface area contributed by atoms with Gasteiger partial charge in [-0.05, 0) is 55.1 Å². The molecule has 0 atom stereocenters. The Kier molecular flexibility index (Phi) is 5.90. The third-order valence-corrected chi connectivity index (χ3v) is 3.76. The van der Waals surface area contributed by atoms with Crippen molar-refractivity contribution in [3.05, 3.63) is 65.2 Å². The van der Waals surface area contributed by atoms with Gasteiger partial charge in [-0.3, -0.25) is 9.69 Å². The predicted molar refractivity (Wildman–Crippen MR) is 92.2 cm³/mol. The van der Waals surface area contributed by atoms with E-state index in [1.807, 2.05) is 24.3 Å². The van der Waals surface area contributed by atoms with Crippen LogP contribution in [0.4, 0.5) is 5.69 Å². The fourth-order valence-corrected chi connectivity index (χ4v) is 2.35. The van der Waals surface area contributed by atoms with Gasteiger partial charge in [0.2, 0.25) is 0 Å². The number of hydrogen-bond acceptors (Lipinski definition) is 3. The minimum Gasteiger partial charge on any atom is -0.322 e. The maximum atomic E-state index is 12.3. The Morgan fingerprint density at radius 3 is 2.43 bits per heavy atom. The van der Waals surface area contributed by atoms with Crippen LogP contribution in [-0.4, -0.2) is 23.9 Å².